The Kier molecular flexibility index (Phi) is 5.11. The molecule has 2 heterocycles. The van der Waals surface area contributed by atoms with Crippen molar-refractivity contribution in [1.82, 2.24) is 9.88 Å². The third-order valence-corrected chi connectivity index (χ3v) is 4.27. The molecule has 0 atom stereocenters. The molecule has 0 N–H and O–H groups in total. The lowest BCUT2D eigenvalue weighted by atomic mass is 9.93. The van der Waals surface area contributed by atoms with E-state index in [0.717, 1.165) is 44.3 Å². The Bertz CT molecular complexity index is 560. The van der Waals surface area contributed by atoms with Crippen LogP contribution in [-0.2, 0) is 13.0 Å². The van der Waals surface area contributed by atoms with Crippen molar-refractivity contribution in [3.8, 4) is 5.75 Å². The molecule has 22 heavy (non-hydrogen) atoms. The third kappa shape index (κ3) is 4.10. The number of aromatic nitrogens is 1. The Hall–Kier alpha value is -1.81. The van der Waals surface area contributed by atoms with E-state index < -0.39 is 0 Å². The van der Waals surface area contributed by atoms with E-state index in [4.69, 9.17) is 9.15 Å². The molecule has 1 fully saturated rings. The van der Waals surface area contributed by atoms with Crippen LogP contribution in [0, 0.1) is 5.92 Å². The molecule has 0 bridgehead atoms. The van der Waals surface area contributed by atoms with E-state index in [1.165, 1.54) is 18.4 Å². The van der Waals surface area contributed by atoms with Crippen LogP contribution in [0.25, 0.3) is 0 Å². The zero-order chi connectivity index (χ0) is 15.2. The summed E-state index contributed by atoms with van der Waals surface area (Å²) in [4.78, 5) is 6.76. The molecule has 0 aliphatic carbocycles. The highest BCUT2D eigenvalue weighted by molar-refractivity contribution is 5.28. The lowest BCUT2D eigenvalue weighted by Crippen LogP contribution is -2.33. The van der Waals surface area contributed by atoms with Crippen molar-refractivity contribution in [3.63, 3.8) is 0 Å². The Balaban J connectivity index is 1.48. The first-order valence-corrected chi connectivity index (χ1v) is 8.16. The number of piperidine rings is 1. The smallest absolute Gasteiger partial charge is 0.194 e. The third-order valence-electron chi connectivity index (χ3n) is 4.27. The van der Waals surface area contributed by atoms with Gasteiger partial charge in [0, 0.05) is 13.0 Å². The Morgan fingerprint density at radius 2 is 2.18 bits per heavy atom. The van der Waals surface area contributed by atoms with E-state index in [0.29, 0.717) is 5.92 Å². The Labute approximate surface area is 132 Å². The van der Waals surface area contributed by atoms with Gasteiger partial charge in [0.05, 0.1) is 12.8 Å². The lowest BCUT2D eigenvalue weighted by Gasteiger charge is -2.31. The molecule has 0 unspecified atom stereocenters. The molecule has 1 saturated heterocycles. The summed E-state index contributed by atoms with van der Waals surface area (Å²) in [6, 6.07) is 8.44. The zero-order valence-electron chi connectivity index (χ0n) is 13.2. The van der Waals surface area contributed by atoms with Crippen LogP contribution < -0.4 is 4.74 Å². The second-order valence-electron chi connectivity index (χ2n) is 5.93. The van der Waals surface area contributed by atoms with Gasteiger partial charge in [0.1, 0.15) is 12.0 Å². The van der Waals surface area contributed by atoms with Crippen LogP contribution in [0.2, 0.25) is 0 Å². The molecule has 2 aromatic rings. The minimum absolute atomic E-state index is 0.699. The number of benzene rings is 1. The quantitative estimate of drug-likeness (QED) is 0.818. The molecule has 4 heteroatoms. The van der Waals surface area contributed by atoms with Gasteiger partial charge in [-0.15, -0.1) is 0 Å². The van der Waals surface area contributed by atoms with Gasteiger partial charge in [-0.1, -0.05) is 12.1 Å². The van der Waals surface area contributed by atoms with E-state index in [1.807, 2.05) is 13.0 Å². The molecule has 0 amide bonds. The molecule has 1 aromatic carbocycles. The molecular weight excluding hydrogens is 276 g/mol. The Morgan fingerprint density at radius 1 is 1.32 bits per heavy atom. The summed E-state index contributed by atoms with van der Waals surface area (Å²) in [6.07, 6.45) is 6.80. The molecule has 118 valence electrons. The average molecular weight is 300 g/mol. The van der Waals surface area contributed by atoms with Crippen molar-refractivity contribution in [1.29, 1.82) is 0 Å². The van der Waals surface area contributed by atoms with E-state index in [9.17, 15) is 0 Å². The molecule has 1 aliphatic rings. The standard InChI is InChI=1S/C18H24N2O2/c1-2-21-17-5-3-4-16(12-17)14-20-9-6-15(7-10-20)13-18-19-8-11-22-18/h3-5,8,11-12,15H,2,6-7,9-10,13-14H2,1H3. The van der Waals surface area contributed by atoms with Crippen molar-refractivity contribution >= 4 is 0 Å². The fourth-order valence-corrected chi connectivity index (χ4v) is 3.11. The predicted octanol–water partition coefficient (Wildman–Crippen LogP) is 3.53. The fraction of sp³-hybridized carbons (Fsp3) is 0.500. The van der Waals surface area contributed by atoms with Gasteiger partial charge in [0.2, 0.25) is 0 Å². The summed E-state index contributed by atoms with van der Waals surface area (Å²) in [5, 5.41) is 0. The molecule has 4 nitrogen and oxygen atoms in total. The van der Waals surface area contributed by atoms with Gasteiger partial charge in [-0.25, -0.2) is 4.98 Å². The van der Waals surface area contributed by atoms with Crippen LogP contribution >= 0.6 is 0 Å². The predicted molar refractivity (Wildman–Crippen MR) is 85.8 cm³/mol. The van der Waals surface area contributed by atoms with Crippen LogP contribution in [0.15, 0.2) is 41.1 Å². The van der Waals surface area contributed by atoms with Crippen molar-refractivity contribution in [2.24, 2.45) is 5.92 Å². The molecule has 1 aromatic heterocycles. The maximum absolute atomic E-state index is 5.58. The normalized spacial score (nSPS) is 16.8. The minimum Gasteiger partial charge on any atom is -0.494 e. The first-order valence-electron chi connectivity index (χ1n) is 8.16. The van der Waals surface area contributed by atoms with Crippen molar-refractivity contribution in [2.75, 3.05) is 19.7 Å². The van der Waals surface area contributed by atoms with Crippen molar-refractivity contribution < 1.29 is 9.15 Å². The SMILES string of the molecule is CCOc1cccc(CN2CCC(Cc3ncco3)CC2)c1. The minimum atomic E-state index is 0.699. The largest absolute Gasteiger partial charge is 0.494 e. The highest BCUT2D eigenvalue weighted by atomic mass is 16.5. The van der Waals surface area contributed by atoms with Gasteiger partial charge < -0.3 is 9.15 Å². The van der Waals surface area contributed by atoms with Gasteiger partial charge >= 0.3 is 0 Å². The average Bonchev–Trinajstić information content (AvgIpc) is 3.03. The summed E-state index contributed by atoms with van der Waals surface area (Å²) in [5.41, 5.74) is 1.33. The van der Waals surface area contributed by atoms with Crippen molar-refractivity contribution in [3.05, 3.63) is 48.2 Å². The van der Waals surface area contributed by atoms with E-state index in [-0.39, 0.29) is 0 Å². The number of nitrogens with zero attached hydrogens (tertiary/aromatic N) is 2. The van der Waals surface area contributed by atoms with Crippen LogP contribution in [0.5, 0.6) is 5.75 Å². The second kappa shape index (κ2) is 7.45. The summed E-state index contributed by atoms with van der Waals surface area (Å²) < 4.78 is 10.9. The summed E-state index contributed by atoms with van der Waals surface area (Å²) in [5.74, 6) is 2.55. The molecular formula is C18H24N2O2. The van der Waals surface area contributed by atoms with E-state index >= 15 is 0 Å². The number of ether oxygens (including phenoxy) is 1. The van der Waals surface area contributed by atoms with Crippen molar-refractivity contribution in [2.45, 2.75) is 32.7 Å². The summed E-state index contributed by atoms with van der Waals surface area (Å²) >= 11 is 0. The molecule has 1 aliphatic heterocycles. The summed E-state index contributed by atoms with van der Waals surface area (Å²) in [6.45, 7) is 6.03. The van der Waals surface area contributed by atoms with Gasteiger partial charge in [-0.2, -0.15) is 0 Å². The maximum Gasteiger partial charge on any atom is 0.194 e. The maximum atomic E-state index is 5.58. The van der Waals surface area contributed by atoms with Crippen LogP contribution in [0.1, 0.15) is 31.2 Å². The van der Waals surface area contributed by atoms with Gasteiger partial charge in [0.15, 0.2) is 5.89 Å². The van der Waals surface area contributed by atoms with E-state index in [1.54, 1.807) is 12.5 Å². The van der Waals surface area contributed by atoms with Crippen LogP contribution in [0.4, 0.5) is 0 Å². The van der Waals surface area contributed by atoms with Gasteiger partial charge in [0.25, 0.3) is 0 Å². The second-order valence-corrected chi connectivity index (χ2v) is 5.93. The van der Waals surface area contributed by atoms with Gasteiger partial charge in [-0.05, 0) is 56.5 Å². The monoisotopic (exact) mass is 300 g/mol. The zero-order valence-corrected chi connectivity index (χ0v) is 13.2. The lowest BCUT2D eigenvalue weighted by molar-refractivity contribution is 0.172. The number of hydrogen-bond donors (Lipinski definition) is 0. The van der Waals surface area contributed by atoms with Gasteiger partial charge in [-0.3, -0.25) is 4.90 Å². The number of rotatable bonds is 6. The van der Waals surface area contributed by atoms with E-state index in [2.05, 4.69) is 28.1 Å². The number of oxazole rings is 1. The van der Waals surface area contributed by atoms with Crippen LogP contribution in [0.3, 0.4) is 0 Å². The molecule has 0 radical (unpaired) electrons. The first-order chi connectivity index (χ1) is 10.8. The molecule has 0 saturated carbocycles. The fourth-order valence-electron chi connectivity index (χ4n) is 3.11. The summed E-state index contributed by atoms with van der Waals surface area (Å²) in [7, 11) is 0. The highest BCUT2D eigenvalue weighted by Gasteiger charge is 2.20. The Morgan fingerprint density at radius 3 is 2.91 bits per heavy atom. The topological polar surface area (TPSA) is 38.5 Å². The number of hydrogen-bond acceptors (Lipinski definition) is 4. The van der Waals surface area contributed by atoms with Crippen LogP contribution in [-0.4, -0.2) is 29.6 Å². The first kappa shape index (κ1) is 15.1. The molecule has 0 spiro atoms. The highest BCUT2D eigenvalue weighted by Crippen LogP contribution is 2.23. The number of likely N-dealkylation sites (tertiary alicyclic amines) is 1. The molecule has 3 rings (SSSR count).